The van der Waals surface area contributed by atoms with Gasteiger partial charge in [0.25, 0.3) is 0 Å². The molecule has 9 nitrogen and oxygen atoms in total. The van der Waals surface area contributed by atoms with Gasteiger partial charge in [0.2, 0.25) is 11.9 Å². The van der Waals surface area contributed by atoms with E-state index in [1.807, 2.05) is 6.92 Å². The Labute approximate surface area is 210 Å². The third kappa shape index (κ3) is 4.75. The molecule has 4 N–H and O–H groups in total. The number of nitriles is 1. The third-order valence-corrected chi connectivity index (χ3v) is 8.33. The molecule has 2 aliphatic rings. The molecule has 1 saturated heterocycles. The van der Waals surface area contributed by atoms with Crippen molar-refractivity contribution in [3.05, 3.63) is 34.0 Å². The highest BCUT2D eigenvalue weighted by molar-refractivity contribution is 7.16. The highest BCUT2D eigenvalue weighted by Gasteiger charge is 2.43. The third-order valence-electron chi connectivity index (χ3n) is 7.25. The molecule has 0 saturated carbocycles. The number of anilines is 2. The number of thiophene rings is 1. The van der Waals surface area contributed by atoms with Crippen LogP contribution < -0.4 is 16.0 Å². The molecule has 4 rings (SSSR count). The van der Waals surface area contributed by atoms with E-state index in [1.54, 1.807) is 12.3 Å². The Bertz CT molecular complexity index is 1170. The highest BCUT2D eigenvalue weighted by Crippen LogP contribution is 2.45. The number of carbonyl (C=O) groups excluding carboxylic acids is 1. The van der Waals surface area contributed by atoms with Crippen LogP contribution in [0.1, 0.15) is 68.7 Å². The van der Waals surface area contributed by atoms with E-state index in [0.717, 1.165) is 49.3 Å². The van der Waals surface area contributed by atoms with Crippen LogP contribution in [0.3, 0.4) is 0 Å². The first-order chi connectivity index (χ1) is 16.7. The van der Waals surface area contributed by atoms with Gasteiger partial charge in [-0.1, -0.05) is 0 Å². The molecule has 1 aliphatic heterocycles. The molecule has 0 spiro atoms. The summed E-state index contributed by atoms with van der Waals surface area (Å²) < 4.78 is 0. The second-order valence-electron chi connectivity index (χ2n) is 9.99. The number of hydrogen-bond acceptors (Lipinski definition) is 9. The second-order valence-corrected chi connectivity index (χ2v) is 11.1. The highest BCUT2D eigenvalue weighted by atomic mass is 32.1. The van der Waals surface area contributed by atoms with E-state index in [0.29, 0.717) is 34.7 Å². The number of nitrogens with two attached hydrogens (primary N) is 1. The molecule has 0 unspecified atom stereocenters. The average molecular weight is 495 g/mol. The molecule has 1 fully saturated rings. The minimum atomic E-state index is -0.922. The molecule has 0 bridgehead atoms. The van der Waals surface area contributed by atoms with Crippen LogP contribution in [-0.2, 0) is 16.6 Å². The topological polar surface area (TPSA) is 135 Å². The number of rotatable bonds is 4. The van der Waals surface area contributed by atoms with Crippen LogP contribution in [0.2, 0.25) is 0 Å². The van der Waals surface area contributed by atoms with Gasteiger partial charge >= 0.3 is 0 Å². The summed E-state index contributed by atoms with van der Waals surface area (Å²) >= 11 is 1.39. The molecule has 0 radical (unpaired) electrons. The zero-order valence-electron chi connectivity index (χ0n) is 20.9. The Hall–Kier alpha value is -3.03. The van der Waals surface area contributed by atoms with E-state index in [-0.39, 0.29) is 17.8 Å². The maximum Gasteiger partial charge on any atom is 0.236 e. The maximum atomic E-state index is 13.5. The van der Waals surface area contributed by atoms with Gasteiger partial charge in [-0.15, -0.1) is 11.3 Å². The summed E-state index contributed by atoms with van der Waals surface area (Å²) in [6.07, 6.45) is 4.88. The van der Waals surface area contributed by atoms with Gasteiger partial charge in [0, 0.05) is 48.4 Å². The van der Waals surface area contributed by atoms with Crippen molar-refractivity contribution in [1.29, 1.82) is 10.7 Å². The Kier molecular flexibility index (Phi) is 7.10. The number of carbonyl (C=O) groups is 1. The quantitative estimate of drug-likeness (QED) is 0.439. The molecular weight excluding hydrogens is 460 g/mol. The number of nitrogens with one attached hydrogen (secondary N) is 2. The number of fused-ring (bicyclic) bond motifs is 1. The minimum absolute atomic E-state index is 0.0695. The lowest BCUT2D eigenvalue weighted by Crippen LogP contribution is -2.47. The summed E-state index contributed by atoms with van der Waals surface area (Å²) in [7, 11) is 0. The number of hydrogen-bond donors (Lipinski definition) is 3. The van der Waals surface area contributed by atoms with Crippen LogP contribution in [0.25, 0.3) is 0 Å². The lowest BCUT2D eigenvalue weighted by molar-refractivity contribution is -0.125. The molecule has 10 heteroatoms. The molecule has 1 amide bonds. The first-order valence-corrected chi connectivity index (χ1v) is 13.0. The second kappa shape index (κ2) is 9.91. The van der Waals surface area contributed by atoms with E-state index in [9.17, 15) is 10.1 Å². The summed E-state index contributed by atoms with van der Waals surface area (Å²) in [5, 5.41) is 21.5. The summed E-state index contributed by atoms with van der Waals surface area (Å²) in [6.45, 7) is 11.2. The number of amidine groups is 1. The van der Waals surface area contributed by atoms with Gasteiger partial charge in [0.15, 0.2) is 5.84 Å². The van der Waals surface area contributed by atoms with E-state index < -0.39 is 5.41 Å². The Morgan fingerprint density at radius 3 is 2.89 bits per heavy atom. The zero-order valence-corrected chi connectivity index (χ0v) is 21.7. The smallest absolute Gasteiger partial charge is 0.236 e. The Morgan fingerprint density at radius 1 is 1.40 bits per heavy atom. The van der Waals surface area contributed by atoms with E-state index in [2.05, 4.69) is 51.9 Å². The van der Waals surface area contributed by atoms with Gasteiger partial charge in [-0.3, -0.25) is 15.1 Å². The van der Waals surface area contributed by atoms with Crippen LogP contribution in [0, 0.1) is 16.7 Å². The SMILES string of the molecule is CC(C)N1CCCN(c2nccc(C(=N)NC(=O)[C@@]3(C)CCCc4sc(N)c(C#N)c43)n2)[C@@H](C)C1. The number of nitrogen functional groups attached to an aromatic ring is 1. The van der Waals surface area contributed by atoms with Crippen LogP contribution in [0.5, 0.6) is 0 Å². The first-order valence-electron chi connectivity index (χ1n) is 12.2. The fourth-order valence-corrected chi connectivity index (χ4v) is 6.42. The van der Waals surface area contributed by atoms with Gasteiger partial charge in [-0.2, -0.15) is 5.26 Å². The first kappa shape index (κ1) is 25.1. The maximum absolute atomic E-state index is 13.5. The van der Waals surface area contributed by atoms with Crippen LogP contribution >= 0.6 is 11.3 Å². The summed E-state index contributed by atoms with van der Waals surface area (Å²) in [6, 6.07) is 4.54. The number of amides is 1. The fraction of sp³-hybridized carbons (Fsp3) is 0.560. The molecule has 2 aromatic rings. The van der Waals surface area contributed by atoms with Crippen LogP contribution in [0.15, 0.2) is 12.3 Å². The zero-order chi connectivity index (χ0) is 25.3. The largest absolute Gasteiger partial charge is 0.389 e. The molecule has 3 heterocycles. The normalized spacial score (nSPS) is 22.9. The Balaban J connectivity index is 1.54. The molecule has 35 heavy (non-hydrogen) atoms. The summed E-state index contributed by atoms with van der Waals surface area (Å²) in [5.74, 6) is 0.191. The predicted octanol–water partition coefficient (Wildman–Crippen LogP) is 3.04. The lowest BCUT2D eigenvalue weighted by Gasteiger charge is -2.33. The van der Waals surface area contributed by atoms with Crippen molar-refractivity contribution in [2.45, 2.75) is 70.9 Å². The van der Waals surface area contributed by atoms with Crippen molar-refractivity contribution in [3.8, 4) is 6.07 Å². The number of aryl methyl sites for hydroxylation is 1. The summed E-state index contributed by atoms with van der Waals surface area (Å²) in [5.41, 5.74) is 6.63. The van der Waals surface area contributed by atoms with Crippen molar-refractivity contribution in [1.82, 2.24) is 20.2 Å². The van der Waals surface area contributed by atoms with Gasteiger partial charge in [-0.05, 0) is 59.4 Å². The standard InChI is InChI=1S/C25H34N8OS/c1-15(2)32-11-6-12-33(16(3)14-32)24-29-10-8-18(30-24)21(27)31-23(34)25(4)9-5-7-19-20(25)17(13-26)22(28)35-19/h8,10,15-16H,5-7,9,11-12,14,28H2,1-4H3,(H2,27,31,34)/t16-,25-/m0/s1. The molecule has 186 valence electrons. The predicted molar refractivity (Wildman–Crippen MR) is 139 cm³/mol. The fourth-order valence-electron chi connectivity index (χ4n) is 5.22. The number of aromatic nitrogens is 2. The van der Waals surface area contributed by atoms with Gasteiger partial charge in [0.05, 0.1) is 11.0 Å². The van der Waals surface area contributed by atoms with Gasteiger partial charge < -0.3 is 16.0 Å². The van der Waals surface area contributed by atoms with E-state index >= 15 is 0 Å². The van der Waals surface area contributed by atoms with Crippen LogP contribution in [-0.4, -0.2) is 58.3 Å². The minimum Gasteiger partial charge on any atom is -0.389 e. The molecule has 0 aromatic carbocycles. The van der Waals surface area contributed by atoms with Crippen molar-refractivity contribution < 1.29 is 4.79 Å². The molecule has 2 aromatic heterocycles. The summed E-state index contributed by atoms with van der Waals surface area (Å²) in [4.78, 5) is 28.2. The van der Waals surface area contributed by atoms with Crippen molar-refractivity contribution in [3.63, 3.8) is 0 Å². The molecule has 2 atom stereocenters. The van der Waals surface area contributed by atoms with Gasteiger partial charge in [-0.25, -0.2) is 9.97 Å². The Morgan fingerprint density at radius 2 is 2.17 bits per heavy atom. The molecular formula is C25H34N8OS. The van der Waals surface area contributed by atoms with E-state index in [4.69, 9.17) is 11.1 Å². The van der Waals surface area contributed by atoms with Gasteiger partial charge in [0.1, 0.15) is 16.8 Å². The number of nitrogens with zero attached hydrogens (tertiary/aromatic N) is 5. The monoisotopic (exact) mass is 494 g/mol. The lowest BCUT2D eigenvalue weighted by atomic mass is 9.72. The molecule has 1 aliphatic carbocycles. The van der Waals surface area contributed by atoms with Crippen molar-refractivity contribution in [2.75, 3.05) is 30.3 Å². The van der Waals surface area contributed by atoms with E-state index in [1.165, 1.54) is 11.3 Å². The van der Waals surface area contributed by atoms with Crippen LogP contribution in [0.4, 0.5) is 10.9 Å². The van der Waals surface area contributed by atoms with Crippen molar-refractivity contribution >= 4 is 34.0 Å². The van der Waals surface area contributed by atoms with Crippen molar-refractivity contribution in [2.24, 2.45) is 0 Å². The average Bonchev–Trinajstić information content (AvgIpc) is 3.03.